The molecule has 1 aliphatic heterocycles. The number of ether oxygens (including phenoxy) is 1. The molecular weight excluding hydrogens is 326 g/mol. The summed E-state index contributed by atoms with van der Waals surface area (Å²) in [4.78, 5) is 12.2. The van der Waals surface area contributed by atoms with Crippen molar-refractivity contribution in [1.82, 2.24) is 5.32 Å². The first kappa shape index (κ1) is 17.0. The SMILES string of the molecule is O=C(CC1OCCc2ccccc21)NCC(O)c1ccc(Cl)cc1. The van der Waals surface area contributed by atoms with Crippen LogP contribution >= 0.6 is 11.6 Å². The van der Waals surface area contributed by atoms with Crippen LogP contribution < -0.4 is 5.32 Å². The van der Waals surface area contributed by atoms with E-state index in [1.165, 1.54) is 5.56 Å². The number of aliphatic hydroxyl groups excluding tert-OH is 1. The van der Waals surface area contributed by atoms with Crippen molar-refractivity contribution in [3.63, 3.8) is 0 Å². The number of aliphatic hydroxyl groups is 1. The zero-order valence-corrected chi connectivity index (χ0v) is 14.0. The number of fused-ring (bicyclic) bond motifs is 1. The molecule has 126 valence electrons. The van der Waals surface area contributed by atoms with Crippen LogP contribution in [0.1, 0.15) is 35.3 Å². The van der Waals surface area contributed by atoms with Crippen LogP contribution in [0.3, 0.4) is 0 Å². The minimum atomic E-state index is -0.759. The number of nitrogens with one attached hydrogen (secondary N) is 1. The monoisotopic (exact) mass is 345 g/mol. The molecule has 0 saturated carbocycles. The molecule has 2 aromatic carbocycles. The molecule has 2 atom stereocenters. The molecule has 3 rings (SSSR count). The molecule has 0 radical (unpaired) electrons. The Labute approximate surface area is 146 Å². The van der Waals surface area contributed by atoms with Gasteiger partial charge in [0.15, 0.2) is 0 Å². The second kappa shape index (κ2) is 7.79. The van der Waals surface area contributed by atoms with Gasteiger partial charge in [0.05, 0.1) is 25.2 Å². The number of benzene rings is 2. The average Bonchev–Trinajstić information content (AvgIpc) is 2.61. The van der Waals surface area contributed by atoms with Gasteiger partial charge in [-0.3, -0.25) is 4.79 Å². The van der Waals surface area contributed by atoms with Crippen LogP contribution in [0.5, 0.6) is 0 Å². The Kier molecular flexibility index (Phi) is 5.51. The van der Waals surface area contributed by atoms with E-state index >= 15 is 0 Å². The van der Waals surface area contributed by atoms with Crippen LogP contribution in [0.2, 0.25) is 5.02 Å². The van der Waals surface area contributed by atoms with E-state index in [0.717, 1.165) is 17.5 Å². The number of carbonyl (C=O) groups is 1. The zero-order valence-electron chi connectivity index (χ0n) is 13.2. The van der Waals surface area contributed by atoms with E-state index in [1.807, 2.05) is 18.2 Å². The summed E-state index contributed by atoms with van der Waals surface area (Å²) in [5.41, 5.74) is 3.04. The van der Waals surface area contributed by atoms with Crippen LogP contribution in [-0.2, 0) is 16.0 Å². The van der Waals surface area contributed by atoms with Crippen LogP contribution in [-0.4, -0.2) is 24.2 Å². The molecule has 2 N–H and O–H groups in total. The number of amides is 1. The minimum absolute atomic E-state index is 0.135. The first-order chi connectivity index (χ1) is 11.6. The molecular formula is C19H20ClNO3. The van der Waals surface area contributed by atoms with Gasteiger partial charge in [-0.05, 0) is 35.2 Å². The maximum atomic E-state index is 12.2. The summed E-state index contributed by atoms with van der Waals surface area (Å²) in [5, 5.41) is 13.5. The summed E-state index contributed by atoms with van der Waals surface area (Å²) in [6, 6.07) is 15.0. The normalized spacial score (nSPS) is 17.8. The lowest BCUT2D eigenvalue weighted by Crippen LogP contribution is -2.31. The molecule has 1 amide bonds. The maximum Gasteiger partial charge on any atom is 0.223 e. The molecule has 0 aromatic heterocycles. The van der Waals surface area contributed by atoms with E-state index in [9.17, 15) is 9.90 Å². The largest absolute Gasteiger partial charge is 0.387 e. The van der Waals surface area contributed by atoms with Crippen molar-refractivity contribution in [2.24, 2.45) is 0 Å². The molecule has 24 heavy (non-hydrogen) atoms. The highest BCUT2D eigenvalue weighted by atomic mass is 35.5. The molecule has 4 nitrogen and oxygen atoms in total. The number of carbonyl (C=O) groups excluding carboxylic acids is 1. The van der Waals surface area contributed by atoms with Crippen LogP contribution in [0.15, 0.2) is 48.5 Å². The highest BCUT2D eigenvalue weighted by Gasteiger charge is 2.23. The van der Waals surface area contributed by atoms with E-state index in [4.69, 9.17) is 16.3 Å². The Morgan fingerprint density at radius 3 is 2.79 bits per heavy atom. The molecule has 5 heteroatoms. The molecule has 0 bridgehead atoms. The third-order valence-corrected chi connectivity index (χ3v) is 4.46. The van der Waals surface area contributed by atoms with E-state index in [1.54, 1.807) is 24.3 Å². The van der Waals surface area contributed by atoms with Crippen molar-refractivity contribution >= 4 is 17.5 Å². The van der Waals surface area contributed by atoms with Crippen molar-refractivity contribution in [1.29, 1.82) is 0 Å². The molecule has 0 spiro atoms. The number of hydrogen-bond donors (Lipinski definition) is 2. The lowest BCUT2D eigenvalue weighted by atomic mass is 9.95. The van der Waals surface area contributed by atoms with Gasteiger partial charge < -0.3 is 15.2 Å². The van der Waals surface area contributed by atoms with Gasteiger partial charge in [0.1, 0.15) is 0 Å². The molecule has 2 aromatic rings. The minimum Gasteiger partial charge on any atom is -0.387 e. The Hall–Kier alpha value is -1.88. The van der Waals surface area contributed by atoms with Gasteiger partial charge in [0.2, 0.25) is 5.91 Å². The molecule has 1 heterocycles. The van der Waals surface area contributed by atoms with E-state index in [-0.39, 0.29) is 25.0 Å². The van der Waals surface area contributed by atoms with E-state index < -0.39 is 6.10 Å². The standard InChI is InChI=1S/C19H20ClNO3/c20-15-7-5-14(6-8-15)17(22)12-21-19(23)11-18-16-4-2-1-3-13(16)9-10-24-18/h1-8,17-18,22H,9-12H2,(H,21,23). The molecule has 1 aliphatic rings. The topological polar surface area (TPSA) is 58.6 Å². The van der Waals surface area contributed by atoms with Gasteiger partial charge >= 0.3 is 0 Å². The van der Waals surface area contributed by atoms with Crippen LogP contribution in [0, 0.1) is 0 Å². The molecule has 0 saturated heterocycles. The predicted octanol–water partition coefficient (Wildman–Crippen LogP) is 3.19. The van der Waals surface area contributed by atoms with Crippen LogP contribution in [0.4, 0.5) is 0 Å². The fourth-order valence-electron chi connectivity index (χ4n) is 2.90. The van der Waals surface area contributed by atoms with Gasteiger partial charge in [0.25, 0.3) is 0 Å². The Bertz CT molecular complexity index is 702. The highest BCUT2D eigenvalue weighted by Crippen LogP contribution is 2.29. The fraction of sp³-hybridized carbons (Fsp3) is 0.316. The molecule has 0 fully saturated rings. The second-order valence-electron chi connectivity index (χ2n) is 5.88. The first-order valence-corrected chi connectivity index (χ1v) is 8.41. The fourth-order valence-corrected chi connectivity index (χ4v) is 3.03. The third-order valence-electron chi connectivity index (χ3n) is 4.21. The van der Waals surface area contributed by atoms with Gasteiger partial charge in [-0.25, -0.2) is 0 Å². The van der Waals surface area contributed by atoms with Crippen molar-refractivity contribution in [3.05, 3.63) is 70.2 Å². The number of hydrogen-bond acceptors (Lipinski definition) is 3. The summed E-state index contributed by atoms with van der Waals surface area (Å²) < 4.78 is 5.74. The summed E-state index contributed by atoms with van der Waals surface area (Å²) in [6.45, 7) is 0.789. The van der Waals surface area contributed by atoms with E-state index in [2.05, 4.69) is 11.4 Å². The van der Waals surface area contributed by atoms with Crippen molar-refractivity contribution in [2.45, 2.75) is 25.0 Å². The second-order valence-corrected chi connectivity index (χ2v) is 6.32. The van der Waals surface area contributed by atoms with Gasteiger partial charge in [-0.1, -0.05) is 48.0 Å². The average molecular weight is 346 g/mol. The van der Waals surface area contributed by atoms with E-state index in [0.29, 0.717) is 11.6 Å². The third kappa shape index (κ3) is 4.15. The Morgan fingerprint density at radius 2 is 2.00 bits per heavy atom. The predicted molar refractivity (Wildman–Crippen MR) is 92.9 cm³/mol. The lowest BCUT2D eigenvalue weighted by molar-refractivity contribution is -0.124. The Balaban J connectivity index is 1.54. The van der Waals surface area contributed by atoms with Crippen LogP contribution in [0.25, 0.3) is 0 Å². The summed E-state index contributed by atoms with van der Waals surface area (Å²) >= 11 is 5.83. The van der Waals surface area contributed by atoms with Crippen molar-refractivity contribution < 1.29 is 14.6 Å². The van der Waals surface area contributed by atoms with Gasteiger partial charge in [-0.15, -0.1) is 0 Å². The maximum absolute atomic E-state index is 12.2. The first-order valence-electron chi connectivity index (χ1n) is 8.03. The quantitative estimate of drug-likeness (QED) is 0.875. The van der Waals surface area contributed by atoms with Crippen molar-refractivity contribution in [3.8, 4) is 0 Å². The number of halogens is 1. The van der Waals surface area contributed by atoms with Gasteiger partial charge in [-0.2, -0.15) is 0 Å². The van der Waals surface area contributed by atoms with Crippen molar-refractivity contribution in [2.75, 3.05) is 13.2 Å². The number of rotatable bonds is 5. The summed E-state index contributed by atoms with van der Waals surface area (Å²) in [7, 11) is 0. The highest BCUT2D eigenvalue weighted by molar-refractivity contribution is 6.30. The van der Waals surface area contributed by atoms with Gasteiger partial charge in [0, 0.05) is 11.6 Å². The molecule has 2 unspecified atom stereocenters. The lowest BCUT2D eigenvalue weighted by Gasteiger charge is -2.25. The summed E-state index contributed by atoms with van der Waals surface area (Å²) in [6.07, 6.45) is 0.155. The Morgan fingerprint density at radius 1 is 1.25 bits per heavy atom. The summed E-state index contributed by atoms with van der Waals surface area (Å²) in [5.74, 6) is -0.135. The zero-order chi connectivity index (χ0) is 16.9. The molecule has 0 aliphatic carbocycles. The smallest absolute Gasteiger partial charge is 0.223 e.